The minimum atomic E-state index is -0.0809. The normalized spacial score (nSPS) is 12.0. The van der Waals surface area contributed by atoms with Crippen LogP contribution in [0.1, 0.15) is 35.3 Å². The van der Waals surface area contributed by atoms with Crippen molar-refractivity contribution in [3.8, 4) is 5.75 Å². The highest BCUT2D eigenvalue weighted by Gasteiger charge is 2.22. The van der Waals surface area contributed by atoms with Crippen molar-refractivity contribution in [1.29, 1.82) is 0 Å². The molecule has 0 spiro atoms. The Morgan fingerprint density at radius 3 is 2.52 bits per heavy atom. The number of amides is 1. The molecule has 0 N–H and O–H groups in total. The fourth-order valence-electron chi connectivity index (χ4n) is 3.54. The fourth-order valence-corrected chi connectivity index (χ4v) is 3.54. The van der Waals surface area contributed by atoms with Gasteiger partial charge in [-0.15, -0.1) is 0 Å². The van der Waals surface area contributed by atoms with Crippen molar-refractivity contribution in [3.05, 3.63) is 70.9 Å². The first-order chi connectivity index (χ1) is 12.9. The molecule has 1 atom stereocenters. The second kappa shape index (κ2) is 7.78. The molecule has 3 aromatic rings. The average molecular weight is 362 g/mol. The van der Waals surface area contributed by atoms with Gasteiger partial charge in [-0.25, -0.2) is 0 Å². The number of carbonyl (C=O) groups is 1. The smallest absolute Gasteiger partial charge is 0.227 e. The number of ether oxygens (including phenoxy) is 1. The van der Waals surface area contributed by atoms with Crippen LogP contribution in [-0.2, 0) is 11.2 Å². The number of fused-ring (bicyclic) bond motifs is 1. The highest BCUT2D eigenvalue weighted by atomic mass is 16.5. The molecule has 1 heterocycles. The monoisotopic (exact) mass is 362 g/mol. The van der Waals surface area contributed by atoms with Gasteiger partial charge in [0, 0.05) is 23.7 Å². The van der Waals surface area contributed by atoms with Crippen LogP contribution < -0.4 is 4.74 Å². The van der Waals surface area contributed by atoms with Gasteiger partial charge in [-0.05, 0) is 44.0 Å². The summed E-state index contributed by atoms with van der Waals surface area (Å²) in [4.78, 5) is 19.5. The van der Waals surface area contributed by atoms with Gasteiger partial charge in [0.25, 0.3) is 0 Å². The number of pyridine rings is 1. The van der Waals surface area contributed by atoms with Gasteiger partial charge in [-0.2, -0.15) is 0 Å². The van der Waals surface area contributed by atoms with E-state index in [1.807, 2.05) is 63.4 Å². The van der Waals surface area contributed by atoms with E-state index in [-0.39, 0.29) is 11.9 Å². The number of methoxy groups -OCH3 is 1. The molecular formula is C23H26N2O2. The standard InChI is InChI=1S/C23H26N2O2/c1-15-18-10-6-8-12-21(18)24-16(2)20(15)14-23(26)25(4)17(3)19-11-7-9-13-22(19)27-5/h6-13,17H,14H2,1-5H3/t17-/m1/s1. The number of carbonyl (C=O) groups excluding carboxylic acids is 1. The summed E-state index contributed by atoms with van der Waals surface area (Å²) in [6.07, 6.45) is 0.339. The molecule has 0 unspecified atom stereocenters. The first-order valence-electron chi connectivity index (χ1n) is 9.17. The van der Waals surface area contributed by atoms with Gasteiger partial charge in [-0.3, -0.25) is 9.78 Å². The zero-order chi connectivity index (χ0) is 19.6. The first-order valence-corrected chi connectivity index (χ1v) is 9.17. The Hall–Kier alpha value is -2.88. The van der Waals surface area contributed by atoms with Crippen molar-refractivity contribution < 1.29 is 9.53 Å². The number of nitrogens with zero attached hydrogens (tertiary/aromatic N) is 2. The van der Waals surface area contributed by atoms with Crippen molar-refractivity contribution in [2.75, 3.05) is 14.2 Å². The Bertz CT molecular complexity index is 981. The third-order valence-corrected chi connectivity index (χ3v) is 5.38. The molecule has 4 nitrogen and oxygen atoms in total. The summed E-state index contributed by atoms with van der Waals surface area (Å²) in [5.41, 5.74) is 5.03. The number of aryl methyl sites for hydroxylation is 2. The number of likely N-dealkylation sites (N-methyl/N-ethyl adjacent to an activating group) is 1. The molecule has 0 aliphatic heterocycles. The maximum Gasteiger partial charge on any atom is 0.227 e. The van der Waals surface area contributed by atoms with Crippen molar-refractivity contribution in [1.82, 2.24) is 9.88 Å². The molecule has 4 heteroatoms. The largest absolute Gasteiger partial charge is 0.496 e. The molecule has 0 aliphatic rings. The van der Waals surface area contributed by atoms with Gasteiger partial charge < -0.3 is 9.64 Å². The highest BCUT2D eigenvalue weighted by Crippen LogP contribution is 2.29. The number of hydrogen-bond donors (Lipinski definition) is 0. The van der Waals surface area contributed by atoms with Crippen LogP contribution in [-0.4, -0.2) is 29.9 Å². The van der Waals surface area contributed by atoms with Gasteiger partial charge in [0.2, 0.25) is 5.91 Å². The molecule has 0 radical (unpaired) electrons. The summed E-state index contributed by atoms with van der Waals surface area (Å²) in [5, 5.41) is 1.10. The summed E-state index contributed by atoms with van der Waals surface area (Å²) in [7, 11) is 3.50. The zero-order valence-electron chi connectivity index (χ0n) is 16.6. The number of hydrogen-bond acceptors (Lipinski definition) is 3. The Balaban J connectivity index is 1.88. The topological polar surface area (TPSA) is 42.4 Å². The molecule has 27 heavy (non-hydrogen) atoms. The van der Waals surface area contributed by atoms with Crippen LogP contribution in [0.15, 0.2) is 48.5 Å². The Morgan fingerprint density at radius 2 is 1.78 bits per heavy atom. The maximum absolute atomic E-state index is 13.0. The molecule has 0 aliphatic carbocycles. The molecule has 0 saturated heterocycles. The van der Waals surface area contributed by atoms with Crippen LogP contribution in [0.3, 0.4) is 0 Å². The molecule has 3 rings (SSSR count). The van der Waals surface area contributed by atoms with E-state index in [4.69, 9.17) is 4.74 Å². The van der Waals surface area contributed by atoms with E-state index >= 15 is 0 Å². The van der Waals surface area contributed by atoms with Crippen molar-refractivity contribution >= 4 is 16.8 Å². The predicted molar refractivity (Wildman–Crippen MR) is 109 cm³/mol. The average Bonchev–Trinajstić information content (AvgIpc) is 2.69. The predicted octanol–water partition coefficient (Wildman–Crippen LogP) is 4.62. The number of rotatable bonds is 5. The minimum absolute atomic E-state index is 0.0664. The third-order valence-electron chi connectivity index (χ3n) is 5.38. The lowest BCUT2D eigenvalue weighted by molar-refractivity contribution is -0.131. The summed E-state index contributed by atoms with van der Waals surface area (Å²) in [5.74, 6) is 0.862. The van der Waals surface area contributed by atoms with Crippen LogP contribution in [0.4, 0.5) is 0 Å². The molecule has 1 amide bonds. The van der Waals surface area contributed by atoms with E-state index in [0.29, 0.717) is 6.42 Å². The van der Waals surface area contributed by atoms with Crippen LogP contribution >= 0.6 is 0 Å². The van der Waals surface area contributed by atoms with Gasteiger partial charge in [0.1, 0.15) is 5.75 Å². The van der Waals surface area contributed by atoms with Crippen LogP contribution in [0.2, 0.25) is 0 Å². The molecule has 0 saturated carbocycles. The molecular weight excluding hydrogens is 336 g/mol. The lowest BCUT2D eigenvalue weighted by Crippen LogP contribution is -2.31. The van der Waals surface area contributed by atoms with Crippen LogP contribution in [0.25, 0.3) is 10.9 Å². The van der Waals surface area contributed by atoms with Crippen LogP contribution in [0.5, 0.6) is 5.75 Å². The lowest BCUT2D eigenvalue weighted by Gasteiger charge is -2.27. The van der Waals surface area contributed by atoms with E-state index < -0.39 is 0 Å². The first kappa shape index (κ1) is 18.9. The van der Waals surface area contributed by atoms with Crippen molar-refractivity contribution in [2.24, 2.45) is 0 Å². The zero-order valence-corrected chi connectivity index (χ0v) is 16.6. The minimum Gasteiger partial charge on any atom is -0.496 e. The molecule has 140 valence electrons. The van der Waals surface area contributed by atoms with E-state index in [9.17, 15) is 4.79 Å². The summed E-state index contributed by atoms with van der Waals surface area (Å²) in [6, 6.07) is 15.8. The molecule has 1 aromatic heterocycles. The second-order valence-corrected chi connectivity index (χ2v) is 6.92. The summed E-state index contributed by atoms with van der Waals surface area (Å²) in [6.45, 7) is 6.07. The van der Waals surface area contributed by atoms with Crippen LogP contribution in [0, 0.1) is 13.8 Å². The quantitative estimate of drug-likeness (QED) is 0.665. The molecule has 0 bridgehead atoms. The van der Waals surface area contributed by atoms with Gasteiger partial charge in [0.15, 0.2) is 0 Å². The highest BCUT2D eigenvalue weighted by molar-refractivity contribution is 5.86. The Labute approximate surface area is 160 Å². The lowest BCUT2D eigenvalue weighted by atomic mass is 9.98. The van der Waals surface area contributed by atoms with Gasteiger partial charge >= 0.3 is 0 Å². The number of aromatic nitrogens is 1. The van der Waals surface area contributed by atoms with Gasteiger partial charge in [0.05, 0.1) is 25.1 Å². The molecule has 2 aromatic carbocycles. The molecule has 0 fully saturated rings. The van der Waals surface area contributed by atoms with E-state index in [2.05, 4.69) is 18.0 Å². The Kier molecular flexibility index (Phi) is 5.45. The maximum atomic E-state index is 13.0. The SMILES string of the molecule is COc1ccccc1[C@@H](C)N(C)C(=O)Cc1c(C)nc2ccccc2c1C. The summed E-state index contributed by atoms with van der Waals surface area (Å²) >= 11 is 0. The number of para-hydroxylation sites is 2. The van der Waals surface area contributed by atoms with E-state index in [1.54, 1.807) is 12.0 Å². The number of benzene rings is 2. The Morgan fingerprint density at radius 1 is 1.11 bits per heavy atom. The summed E-state index contributed by atoms with van der Waals surface area (Å²) < 4.78 is 5.45. The van der Waals surface area contributed by atoms with E-state index in [1.165, 1.54) is 0 Å². The van der Waals surface area contributed by atoms with Gasteiger partial charge in [-0.1, -0.05) is 36.4 Å². The second-order valence-electron chi connectivity index (χ2n) is 6.92. The third kappa shape index (κ3) is 3.65. The van der Waals surface area contributed by atoms with Crippen molar-refractivity contribution in [2.45, 2.75) is 33.2 Å². The fraction of sp³-hybridized carbons (Fsp3) is 0.304. The van der Waals surface area contributed by atoms with Crippen molar-refractivity contribution in [3.63, 3.8) is 0 Å². The van der Waals surface area contributed by atoms with E-state index in [0.717, 1.165) is 39.0 Å².